The molecule has 0 aliphatic carbocycles. The van der Waals surface area contributed by atoms with Gasteiger partial charge in [0.05, 0.1) is 7.11 Å². The maximum absolute atomic E-state index is 11.5. The summed E-state index contributed by atoms with van der Waals surface area (Å²) in [6.45, 7) is 2.64. The molecule has 0 aliphatic heterocycles. The van der Waals surface area contributed by atoms with Gasteiger partial charge in [-0.15, -0.1) is 0 Å². The van der Waals surface area contributed by atoms with E-state index in [0.29, 0.717) is 6.54 Å². The summed E-state index contributed by atoms with van der Waals surface area (Å²) < 4.78 is 6.81. The summed E-state index contributed by atoms with van der Waals surface area (Å²) in [7, 11) is 1.65. The Morgan fingerprint density at radius 1 is 1.06 bits per heavy atom. The van der Waals surface area contributed by atoms with Gasteiger partial charge in [0.15, 0.2) is 0 Å². The lowest BCUT2D eigenvalue weighted by atomic mass is 10.1. The maximum Gasteiger partial charge on any atom is 0.250 e. The van der Waals surface area contributed by atoms with Crippen molar-refractivity contribution < 1.29 is 4.74 Å². The molecule has 0 atom stereocenters. The predicted molar refractivity (Wildman–Crippen MR) is 68.4 cm³/mol. The van der Waals surface area contributed by atoms with Crippen LogP contribution in [-0.4, -0.2) is 11.7 Å². The van der Waals surface area contributed by atoms with Crippen LogP contribution in [0.3, 0.4) is 0 Å². The fraction of sp³-hybridized carbons (Fsp3) is 0.214. The average molecular weight is 229 g/mol. The van der Waals surface area contributed by atoms with E-state index in [1.54, 1.807) is 17.7 Å². The smallest absolute Gasteiger partial charge is 0.250 e. The van der Waals surface area contributed by atoms with Crippen LogP contribution in [0.5, 0.6) is 5.75 Å². The minimum absolute atomic E-state index is 0.0322. The summed E-state index contributed by atoms with van der Waals surface area (Å²) in [6, 6.07) is 11.2. The first kappa shape index (κ1) is 11.5. The number of pyridine rings is 1. The fourth-order valence-corrected chi connectivity index (χ4v) is 1.73. The zero-order valence-corrected chi connectivity index (χ0v) is 10.0. The van der Waals surface area contributed by atoms with E-state index in [1.165, 1.54) is 0 Å². The summed E-state index contributed by atoms with van der Waals surface area (Å²) in [5.74, 6) is 0.831. The van der Waals surface area contributed by atoms with Crippen molar-refractivity contribution in [2.75, 3.05) is 7.11 Å². The molecular formula is C14H15NO2. The minimum Gasteiger partial charge on any atom is -0.497 e. The number of hydrogen-bond donors (Lipinski definition) is 0. The summed E-state index contributed by atoms with van der Waals surface area (Å²) >= 11 is 0. The number of ether oxygens (including phenoxy) is 1. The van der Waals surface area contributed by atoms with Crippen LogP contribution in [0.1, 0.15) is 6.92 Å². The van der Waals surface area contributed by atoms with Crippen molar-refractivity contribution >= 4 is 0 Å². The van der Waals surface area contributed by atoms with Crippen molar-refractivity contribution in [3.05, 3.63) is 52.9 Å². The normalized spacial score (nSPS) is 10.2. The van der Waals surface area contributed by atoms with Gasteiger partial charge in [-0.2, -0.15) is 0 Å². The van der Waals surface area contributed by atoms with Crippen molar-refractivity contribution in [1.29, 1.82) is 0 Å². The van der Waals surface area contributed by atoms with Crippen LogP contribution >= 0.6 is 0 Å². The van der Waals surface area contributed by atoms with Gasteiger partial charge in [0.25, 0.3) is 5.56 Å². The molecule has 2 rings (SSSR count). The third-order valence-corrected chi connectivity index (χ3v) is 2.75. The summed E-state index contributed by atoms with van der Waals surface area (Å²) in [6.07, 6.45) is 1.88. The number of aromatic nitrogens is 1. The first-order chi connectivity index (χ1) is 8.24. The second-order valence-electron chi connectivity index (χ2n) is 3.77. The average Bonchev–Trinajstić information content (AvgIpc) is 2.39. The standard InChI is InChI=1S/C14H15NO2/c1-3-15-10-12(6-9-14(15)16)11-4-7-13(17-2)8-5-11/h4-10H,3H2,1-2H3. The Labute approximate surface area is 100 Å². The second kappa shape index (κ2) is 4.87. The molecule has 0 saturated heterocycles. The van der Waals surface area contributed by atoms with Gasteiger partial charge in [0, 0.05) is 18.8 Å². The molecule has 0 fully saturated rings. The Kier molecular flexibility index (Phi) is 3.28. The van der Waals surface area contributed by atoms with E-state index in [1.807, 2.05) is 43.5 Å². The molecule has 88 valence electrons. The molecule has 2 aromatic rings. The van der Waals surface area contributed by atoms with E-state index in [2.05, 4.69) is 0 Å². The van der Waals surface area contributed by atoms with Crippen LogP contribution in [0.2, 0.25) is 0 Å². The number of rotatable bonds is 3. The molecule has 3 nitrogen and oxygen atoms in total. The molecule has 1 aromatic carbocycles. The molecule has 0 spiro atoms. The van der Waals surface area contributed by atoms with Crippen molar-refractivity contribution in [2.24, 2.45) is 0 Å². The monoisotopic (exact) mass is 229 g/mol. The zero-order chi connectivity index (χ0) is 12.3. The Hall–Kier alpha value is -2.03. The SMILES string of the molecule is CCn1cc(-c2ccc(OC)cc2)ccc1=O. The van der Waals surface area contributed by atoms with Crippen molar-refractivity contribution in [2.45, 2.75) is 13.5 Å². The topological polar surface area (TPSA) is 31.2 Å². The first-order valence-electron chi connectivity index (χ1n) is 5.59. The Bertz CT molecular complexity index is 555. The number of hydrogen-bond acceptors (Lipinski definition) is 2. The number of aryl methyl sites for hydroxylation is 1. The Morgan fingerprint density at radius 3 is 2.29 bits per heavy atom. The summed E-state index contributed by atoms with van der Waals surface area (Å²) in [5, 5.41) is 0. The van der Waals surface area contributed by atoms with Crippen LogP contribution in [0.15, 0.2) is 47.4 Å². The van der Waals surface area contributed by atoms with Crippen LogP contribution in [-0.2, 0) is 6.54 Å². The molecule has 0 unspecified atom stereocenters. The minimum atomic E-state index is 0.0322. The molecule has 0 saturated carbocycles. The lowest BCUT2D eigenvalue weighted by molar-refractivity contribution is 0.415. The first-order valence-corrected chi connectivity index (χ1v) is 5.59. The predicted octanol–water partition coefficient (Wildman–Crippen LogP) is 2.54. The molecule has 0 amide bonds. The highest BCUT2D eigenvalue weighted by Crippen LogP contribution is 2.21. The highest BCUT2D eigenvalue weighted by atomic mass is 16.5. The molecule has 1 aromatic heterocycles. The van der Waals surface area contributed by atoms with Crippen LogP contribution in [0.25, 0.3) is 11.1 Å². The molecule has 17 heavy (non-hydrogen) atoms. The third-order valence-electron chi connectivity index (χ3n) is 2.75. The van der Waals surface area contributed by atoms with Crippen LogP contribution in [0, 0.1) is 0 Å². The van der Waals surface area contributed by atoms with Crippen molar-refractivity contribution in [1.82, 2.24) is 4.57 Å². The maximum atomic E-state index is 11.5. The van der Waals surface area contributed by atoms with E-state index in [0.717, 1.165) is 16.9 Å². The van der Waals surface area contributed by atoms with Gasteiger partial charge in [-0.3, -0.25) is 4.79 Å². The van der Waals surface area contributed by atoms with Gasteiger partial charge in [-0.1, -0.05) is 12.1 Å². The van der Waals surface area contributed by atoms with Gasteiger partial charge < -0.3 is 9.30 Å². The summed E-state index contributed by atoms with van der Waals surface area (Å²) in [4.78, 5) is 11.5. The highest BCUT2D eigenvalue weighted by Gasteiger charge is 2.00. The van der Waals surface area contributed by atoms with Crippen LogP contribution < -0.4 is 10.3 Å². The quantitative estimate of drug-likeness (QED) is 0.810. The number of nitrogens with zero attached hydrogens (tertiary/aromatic N) is 1. The molecule has 0 aliphatic rings. The largest absolute Gasteiger partial charge is 0.497 e. The highest BCUT2D eigenvalue weighted by molar-refractivity contribution is 5.63. The van der Waals surface area contributed by atoms with Gasteiger partial charge in [0.2, 0.25) is 0 Å². The zero-order valence-electron chi connectivity index (χ0n) is 10.0. The fourth-order valence-electron chi connectivity index (χ4n) is 1.73. The van der Waals surface area contributed by atoms with Gasteiger partial charge in [-0.05, 0) is 36.2 Å². The van der Waals surface area contributed by atoms with E-state index < -0.39 is 0 Å². The molecular weight excluding hydrogens is 214 g/mol. The Morgan fingerprint density at radius 2 is 1.71 bits per heavy atom. The summed E-state index contributed by atoms with van der Waals surface area (Å²) in [5.41, 5.74) is 2.15. The van der Waals surface area contributed by atoms with Crippen molar-refractivity contribution in [3.8, 4) is 16.9 Å². The number of methoxy groups -OCH3 is 1. The lowest BCUT2D eigenvalue weighted by Crippen LogP contribution is -2.16. The van der Waals surface area contributed by atoms with E-state index in [9.17, 15) is 4.79 Å². The third kappa shape index (κ3) is 2.38. The van der Waals surface area contributed by atoms with E-state index >= 15 is 0 Å². The van der Waals surface area contributed by atoms with Crippen molar-refractivity contribution in [3.63, 3.8) is 0 Å². The molecule has 0 radical (unpaired) electrons. The lowest BCUT2D eigenvalue weighted by Gasteiger charge is -2.06. The molecule has 0 N–H and O–H groups in total. The van der Waals surface area contributed by atoms with Gasteiger partial charge in [0.1, 0.15) is 5.75 Å². The van der Waals surface area contributed by atoms with Gasteiger partial charge >= 0.3 is 0 Å². The Balaban J connectivity index is 2.42. The van der Waals surface area contributed by atoms with E-state index in [4.69, 9.17) is 4.74 Å². The number of benzene rings is 1. The molecule has 3 heteroatoms. The van der Waals surface area contributed by atoms with Gasteiger partial charge in [-0.25, -0.2) is 0 Å². The van der Waals surface area contributed by atoms with Crippen LogP contribution in [0.4, 0.5) is 0 Å². The van der Waals surface area contributed by atoms with E-state index in [-0.39, 0.29) is 5.56 Å². The molecule has 1 heterocycles. The molecule has 0 bridgehead atoms. The second-order valence-corrected chi connectivity index (χ2v) is 3.77.